The maximum Gasteiger partial charge on any atom is 0.260 e. The first-order valence-electron chi connectivity index (χ1n) is 10.4. The standard InChI is InChI=1S/C25H24N2O3/c28-23-12-11-22(19-7-3-1-4-8-19)25-20-13-18(15-27(23)25)14-26(16-20)24(29)17-30-21-9-5-2-6-10-21/h1-12,18,20H,13-17H2/t18-,20-/m0/s1. The third-order valence-corrected chi connectivity index (χ3v) is 6.13. The highest BCUT2D eigenvalue weighted by Crippen LogP contribution is 2.39. The van der Waals surface area contributed by atoms with Crippen molar-refractivity contribution >= 4 is 5.91 Å². The highest BCUT2D eigenvalue weighted by atomic mass is 16.5. The maximum atomic E-state index is 12.9. The predicted molar refractivity (Wildman–Crippen MR) is 116 cm³/mol. The largest absolute Gasteiger partial charge is 0.484 e. The van der Waals surface area contributed by atoms with Crippen molar-refractivity contribution in [2.24, 2.45) is 5.92 Å². The number of rotatable bonds is 4. The van der Waals surface area contributed by atoms with Crippen molar-refractivity contribution in [2.45, 2.75) is 18.9 Å². The number of benzene rings is 2. The molecule has 1 amide bonds. The molecule has 152 valence electrons. The van der Waals surface area contributed by atoms with Gasteiger partial charge in [-0.05, 0) is 36.1 Å². The predicted octanol–water partition coefficient (Wildman–Crippen LogP) is 3.54. The zero-order valence-corrected chi connectivity index (χ0v) is 16.7. The molecule has 30 heavy (non-hydrogen) atoms. The maximum absolute atomic E-state index is 12.9. The molecule has 2 aliphatic heterocycles. The molecule has 3 aromatic rings. The van der Waals surface area contributed by atoms with Crippen LogP contribution in [-0.2, 0) is 11.3 Å². The van der Waals surface area contributed by atoms with E-state index in [1.54, 1.807) is 6.07 Å². The van der Waals surface area contributed by atoms with Crippen molar-refractivity contribution in [2.75, 3.05) is 19.7 Å². The summed E-state index contributed by atoms with van der Waals surface area (Å²) in [5, 5.41) is 0. The van der Waals surface area contributed by atoms with E-state index in [4.69, 9.17) is 4.74 Å². The number of likely N-dealkylation sites (tertiary alicyclic amines) is 1. The minimum Gasteiger partial charge on any atom is -0.484 e. The van der Waals surface area contributed by atoms with Gasteiger partial charge in [-0.1, -0.05) is 48.5 Å². The third kappa shape index (κ3) is 3.52. The molecule has 0 saturated carbocycles. The van der Waals surface area contributed by atoms with E-state index in [1.165, 1.54) is 0 Å². The Bertz CT molecular complexity index is 1110. The lowest BCUT2D eigenvalue weighted by Crippen LogP contribution is -2.50. The Morgan fingerprint density at radius 3 is 2.40 bits per heavy atom. The van der Waals surface area contributed by atoms with Gasteiger partial charge in [-0.15, -0.1) is 0 Å². The number of para-hydroxylation sites is 1. The summed E-state index contributed by atoms with van der Waals surface area (Å²) in [6.07, 6.45) is 1.01. The van der Waals surface area contributed by atoms with Crippen LogP contribution in [0.5, 0.6) is 5.75 Å². The summed E-state index contributed by atoms with van der Waals surface area (Å²) in [7, 11) is 0. The molecular weight excluding hydrogens is 376 g/mol. The Hall–Kier alpha value is -3.34. The van der Waals surface area contributed by atoms with Crippen LogP contribution in [0.2, 0.25) is 0 Å². The fraction of sp³-hybridized carbons (Fsp3) is 0.280. The Morgan fingerprint density at radius 1 is 0.900 bits per heavy atom. The number of nitrogens with zero attached hydrogens (tertiary/aromatic N) is 2. The molecule has 0 spiro atoms. The van der Waals surface area contributed by atoms with E-state index in [9.17, 15) is 9.59 Å². The molecule has 5 rings (SSSR count). The van der Waals surface area contributed by atoms with E-state index in [2.05, 4.69) is 12.1 Å². The summed E-state index contributed by atoms with van der Waals surface area (Å²) < 4.78 is 7.61. The Labute approximate surface area is 175 Å². The van der Waals surface area contributed by atoms with Gasteiger partial charge < -0.3 is 14.2 Å². The number of hydrogen-bond acceptors (Lipinski definition) is 3. The number of pyridine rings is 1. The van der Waals surface area contributed by atoms with Crippen molar-refractivity contribution < 1.29 is 9.53 Å². The lowest BCUT2D eigenvalue weighted by molar-refractivity contribution is -0.136. The van der Waals surface area contributed by atoms with Crippen LogP contribution in [0.3, 0.4) is 0 Å². The fourth-order valence-electron chi connectivity index (χ4n) is 4.83. The highest BCUT2D eigenvalue weighted by molar-refractivity contribution is 5.78. The topological polar surface area (TPSA) is 51.5 Å². The molecule has 0 N–H and O–H groups in total. The smallest absolute Gasteiger partial charge is 0.260 e. The SMILES string of the molecule is O=C(COc1ccccc1)N1C[C@@H]2C[C@@H](C1)c1c(-c3ccccc3)ccc(=O)n1C2. The first-order valence-corrected chi connectivity index (χ1v) is 10.4. The van der Waals surface area contributed by atoms with E-state index in [-0.39, 0.29) is 24.0 Å². The number of aromatic nitrogens is 1. The minimum absolute atomic E-state index is 0.00143. The number of piperidine rings is 1. The summed E-state index contributed by atoms with van der Waals surface area (Å²) >= 11 is 0. The molecule has 0 unspecified atom stereocenters. The molecule has 1 aromatic heterocycles. The van der Waals surface area contributed by atoms with Crippen LogP contribution >= 0.6 is 0 Å². The van der Waals surface area contributed by atoms with Crippen molar-refractivity contribution in [3.63, 3.8) is 0 Å². The van der Waals surface area contributed by atoms with Crippen LogP contribution in [0.15, 0.2) is 77.6 Å². The van der Waals surface area contributed by atoms with Gasteiger partial charge in [-0.2, -0.15) is 0 Å². The van der Waals surface area contributed by atoms with Crippen molar-refractivity contribution in [1.82, 2.24) is 9.47 Å². The second-order valence-electron chi connectivity index (χ2n) is 8.15. The summed E-state index contributed by atoms with van der Waals surface area (Å²) in [6, 6.07) is 23.2. The molecular formula is C25H24N2O3. The molecule has 5 heteroatoms. The quantitative estimate of drug-likeness (QED) is 0.673. The molecule has 2 aliphatic rings. The number of amides is 1. The number of fused-ring (bicyclic) bond motifs is 4. The molecule has 2 bridgehead atoms. The zero-order chi connectivity index (χ0) is 20.5. The number of carbonyl (C=O) groups excluding carboxylic acids is 1. The number of carbonyl (C=O) groups is 1. The number of hydrogen-bond donors (Lipinski definition) is 0. The van der Waals surface area contributed by atoms with Gasteiger partial charge in [0.15, 0.2) is 6.61 Å². The van der Waals surface area contributed by atoms with E-state index in [0.29, 0.717) is 31.3 Å². The van der Waals surface area contributed by atoms with Crippen molar-refractivity contribution in [3.8, 4) is 16.9 Å². The second kappa shape index (κ2) is 7.82. The van der Waals surface area contributed by atoms with Crippen molar-refractivity contribution in [1.29, 1.82) is 0 Å². The summed E-state index contributed by atoms with van der Waals surface area (Å²) in [4.78, 5) is 27.4. The van der Waals surface area contributed by atoms with Crippen LogP contribution < -0.4 is 10.3 Å². The van der Waals surface area contributed by atoms with Gasteiger partial charge in [0.05, 0.1) is 0 Å². The zero-order valence-electron chi connectivity index (χ0n) is 16.7. The first-order chi connectivity index (χ1) is 14.7. The molecule has 5 nitrogen and oxygen atoms in total. The normalized spacial score (nSPS) is 19.8. The molecule has 1 fully saturated rings. The molecule has 2 atom stereocenters. The van der Waals surface area contributed by atoms with Gasteiger partial charge in [-0.3, -0.25) is 9.59 Å². The Morgan fingerprint density at radius 2 is 1.63 bits per heavy atom. The summed E-state index contributed by atoms with van der Waals surface area (Å²) in [5.41, 5.74) is 3.31. The van der Waals surface area contributed by atoms with Crippen LogP contribution in [0, 0.1) is 5.92 Å². The average Bonchev–Trinajstić information content (AvgIpc) is 2.79. The minimum atomic E-state index is 0.00143. The van der Waals surface area contributed by atoms with Crippen LogP contribution in [0.1, 0.15) is 18.0 Å². The molecule has 0 aliphatic carbocycles. The number of ether oxygens (including phenoxy) is 1. The van der Waals surface area contributed by atoms with Gasteiger partial charge in [0.25, 0.3) is 11.5 Å². The Balaban J connectivity index is 1.41. The van der Waals surface area contributed by atoms with Crippen LogP contribution in [0.25, 0.3) is 11.1 Å². The second-order valence-corrected chi connectivity index (χ2v) is 8.15. The van der Waals surface area contributed by atoms with Gasteiger partial charge in [0, 0.05) is 42.9 Å². The molecule has 2 aromatic carbocycles. The van der Waals surface area contributed by atoms with E-state index in [1.807, 2.05) is 64.1 Å². The van der Waals surface area contributed by atoms with E-state index >= 15 is 0 Å². The molecule has 1 saturated heterocycles. The third-order valence-electron chi connectivity index (χ3n) is 6.13. The van der Waals surface area contributed by atoms with Gasteiger partial charge >= 0.3 is 0 Å². The Kier molecular flexibility index (Phi) is 4.87. The molecule has 3 heterocycles. The van der Waals surface area contributed by atoms with Crippen molar-refractivity contribution in [3.05, 3.63) is 88.8 Å². The first kappa shape index (κ1) is 18.7. The van der Waals surface area contributed by atoms with Gasteiger partial charge in [-0.25, -0.2) is 0 Å². The lowest BCUT2D eigenvalue weighted by Gasteiger charge is -2.43. The monoisotopic (exact) mass is 400 g/mol. The highest BCUT2D eigenvalue weighted by Gasteiger charge is 2.37. The van der Waals surface area contributed by atoms with Crippen LogP contribution in [0.4, 0.5) is 0 Å². The summed E-state index contributed by atoms with van der Waals surface area (Å²) in [5.74, 6) is 1.15. The average molecular weight is 400 g/mol. The van der Waals surface area contributed by atoms with E-state index < -0.39 is 0 Å². The fourth-order valence-corrected chi connectivity index (χ4v) is 4.83. The summed E-state index contributed by atoms with van der Waals surface area (Å²) in [6.45, 7) is 2.00. The van der Waals surface area contributed by atoms with Gasteiger partial charge in [0.1, 0.15) is 5.75 Å². The lowest BCUT2D eigenvalue weighted by atomic mass is 9.80. The molecule has 0 radical (unpaired) electrons. The van der Waals surface area contributed by atoms with E-state index in [0.717, 1.165) is 23.2 Å². The van der Waals surface area contributed by atoms with Gasteiger partial charge in [0.2, 0.25) is 0 Å². The van der Waals surface area contributed by atoms with Crippen LogP contribution in [-0.4, -0.2) is 35.1 Å².